The second-order valence-electron chi connectivity index (χ2n) is 4.50. The maximum absolute atomic E-state index is 11.3. The third-order valence-corrected chi connectivity index (χ3v) is 3.05. The molecule has 0 aromatic carbocycles. The molecule has 0 spiro atoms. The molecule has 88 valence electrons. The van der Waals surface area contributed by atoms with Gasteiger partial charge in [-0.15, -0.1) is 0 Å². The Balaban J connectivity index is 5.12. The highest BCUT2D eigenvalue weighted by atomic mass is 35.5. The van der Waals surface area contributed by atoms with Crippen molar-refractivity contribution in [2.45, 2.75) is 24.4 Å². The molecular weight excluding hydrogens is 222 g/mol. The number of quaternary nitrogens is 1. The standard InChI is InChI=1S/C9H16ClNO4/c1-6(12)9(15,5-7(13)14)8(10)11(2,3)4/h8,15H,5H2,1-4H3/p+1. The Morgan fingerprint density at radius 2 is 1.80 bits per heavy atom. The quantitative estimate of drug-likeness (QED) is 0.403. The molecule has 0 aromatic rings. The number of ketones is 1. The molecule has 2 N–H and O–H groups in total. The van der Waals surface area contributed by atoms with Crippen molar-refractivity contribution in [1.82, 2.24) is 0 Å². The first-order valence-corrected chi connectivity index (χ1v) is 4.86. The Kier molecular flexibility index (Phi) is 4.27. The van der Waals surface area contributed by atoms with Crippen molar-refractivity contribution in [2.24, 2.45) is 0 Å². The van der Waals surface area contributed by atoms with Crippen LogP contribution in [-0.4, -0.2) is 58.7 Å². The summed E-state index contributed by atoms with van der Waals surface area (Å²) in [6.45, 7) is 1.13. The lowest BCUT2D eigenvalue weighted by Gasteiger charge is -2.38. The predicted octanol–water partition coefficient (Wildman–Crippen LogP) is 0.0523. The molecule has 0 aliphatic carbocycles. The van der Waals surface area contributed by atoms with E-state index < -0.39 is 29.3 Å². The molecule has 0 saturated heterocycles. The topological polar surface area (TPSA) is 74.6 Å². The largest absolute Gasteiger partial charge is 0.481 e. The minimum absolute atomic E-state index is 0.0882. The second-order valence-corrected chi connectivity index (χ2v) is 4.92. The van der Waals surface area contributed by atoms with Crippen LogP contribution in [0, 0.1) is 0 Å². The van der Waals surface area contributed by atoms with E-state index in [0.717, 1.165) is 6.92 Å². The number of alkyl halides is 1. The number of hydrogen-bond donors (Lipinski definition) is 2. The van der Waals surface area contributed by atoms with Gasteiger partial charge in [-0.2, -0.15) is 0 Å². The average molecular weight is 239 g/mol. The number of halogens is 1. The summed E-state index contributed by atoms with van der Waals surface area (Å²) in [7, 11) is 5.02. The number of aliphatic hydroxyl groups is 1. The van der Waals surface area contributed by atoms with Gasteiger partial charge in [0, 0.05) is 0 Å². The van der Waals surface area contributed by atoms with Crippen LogP contribution in [0.4, 0.5) is 0 Å². The van der Waals surface area contributed by atoms with Gasteiger partial charge in [0.2, 0.25) is 5.50 Å². The van der Waals surface area contributed by atoms with Crippen LogP contribution in [0.15, 0.2) is 0 Å². The summed E-state index contributed by atoms with van der Waals surface area (Å²) in [5.74, 6) is -1.90. The summed E-state index contributed by atoms with van der Waals surface area (Å²) in [6, 6.07) is 0. The van der Waals surface area contributed by atoms with Crippen LogP contribution in [0.1, 0.15) is 13.3 Å². The highest BCUT2D eigenvalue weighted by molar-refractivity contribution is 6.22. The number of likely N-dealkylation sites (N-methyl/N-ethyl adjacent to an activating group) is 1. The molecular formula is C9H17ClNO4+. The van der Waals surface area contributed by atoms with E-state index in [1.54, 1.807) is 21.1 Å². The maximum Gasteiger partial charge on any atom is 0.307 e. The van der Waals surface area contributed by atoms with Crippen molar-refractivity contribution in [3.05, 3.63) is 0 Å². The first-order valence-electron chi connectivity index (χ1n) is 4.42. The predicted molar refractivity (Wildman–Crippen MR) is 55.6 cm³/mol. The summed E-state index contributed by atoms with van der Waals surface area (Å²) in [6.07, 6.45) is -0.688. The summed E-state index contributed by atoms with van der Waals surface area (Å²) in [5, 5.41) is 18.6. The van der Waals surface area contributed by atoms with Crippen LogP contribution >= 0.6 is 11.6 Å². The van der Waals surface area contributed by atoms with Gasteiger partial charge in [0.15, 0.2) is 11.4 Å². The molecule has 0 amide bonds. The number of Topliss-reactive ketones (excluding diaryl/α,β-unsaturated/α-hetero) is 1. The Labute approximate surface area is 93.8 Å². The van der Waals surface area contributed by atoms with E-state index in [1.807, 2.05) is 0 Å². The summed E-state index contributed by atoms with van der Waals surface area (Å²) < 4.78 is 0.0882. The lowest BCUT2D eigenvalue weighted by atomic mass is 9.93. The highest BCUT2D eigenvalue weighted by Crippen LogP contribution is 2.27. The number of carboxylic acid groups (broad SMARTS) is 1. The molecule has 15 heavy (non-hydrogen) atoms. The van der Waals surface area contributed by atoms with E-state index in [4.69, 9.17) is 16.7 Å². The zero-order chi connectivity index (χ0) is 12.4. The molecule has 0 fully saturated rings. The molecule has 2 unspecified atom stereocenters. The maximum atomic E-state index is 11.3. The second kappa shape index (κ2) is 4.47. The van der Waals surface area contributed by atoms with Gasteiger partial charge in [0.1, 0.15) is 0 Å². The lowest BCUT2D eigenvalue weighted by Crippen LogP contribution is -2.59. The molecule has 0 aliphatic rings. The van der Waals surface area contributed by atoms with Gasteiger partial charge in [-0.1, -0.05) is 11.6 Å². The van der Waals surface area contributed by atoms with Gasteiger partial charge in [-0.3, -0.25) is 9.59 Å². The Hall–Kier alpha value is -0.650. The van der Waals surface area contributed by atoms with Crippen LogP contribution in [0.5, 0.6) is 0 Å². The molecule has 6 heteroatoms. The number of aliphatic carboxylic acids is 1. The minimum atomic E-state index is -2.04. The van der Waals surface area contributed by atoms with Crippen LogP contribution in [0.25, 0.3) is 0 Å². The fraction of sp³-hybridized carbons (Fsp3) is 0.778. The first-order chi connectivity index (χ1) is 6.51. The Morgan fingerprint density at radius 1 is 1.40 bits per heavy atom. The van der Waals surface area contributed by atoms with Gasteiger partial charge >= 0.3 is 5.97 Å². The van der Waals surface area contributed by atoms with Crippen molar-refractivity contribution in [2.75, 3.05) is 21.1 Å². The molecule has 0 rings (SSSR count). The van der Waals surface area contributed by atoms with Gasteiger partial charge in [-0.05, 0) is 6.92 Å². The van der Waals surface area contributed by atoms with Gasteiger partial charge in [0.25, 0.3) is 0 Å². The molecule has 0 aromatic heterocycles. The van der Waals surface area contributed by atoms with Gasteiger partial charge in [-0.25, -0.2) is 0 Å². The Morgan fingerprint density at radius 3 is 2.00 bits per heavy atom. The fourth-order valence-electron chi connectivity index (χ4n) is 1.25. The molecule has 2 atom stereocenters. The van der Waals surface area contributed by atoms with E-state index >= 15 is 0 Å². The summed E-state index contributed by atoms with van der Waals surface area (Å²) in [5.41, 5.74) is -3.04. The van der Waals surface area contributed by atoms with Gasteiger partial charge < -0.3 is 14.7 Å². The van der Waals surface area contributed by atoms with Crippen molar-refractivity contribution in [3.63, 3.8) is 0 Å². The normalized spacial score (nSPS) is 18.0. The van der Waals surface area contributed by atoms with Crippen molar-refractivity contribution in [3.8, 4) is 0 Å². The van der Waals surface area contributed by atoms with E-state index in [-0.39, 0.29) is 4.48 Å². The van der Waals surface area contributed by atoms with Crippen LogP contribution in [0.3, 0.4) is 0 Å². The van der Waals surface area contributed by atoms with Crippen LogP contribution in [-0.2, 0) is 9.59 Å². The third kappa shape index (κ3) is 3.44. The van der Waals surface area contributed by atoms with Crippen molar-refractivity contribution < 1.29 is 24.3 Å². The fourth-order valence-corrected chi connectivity index (χ4v) is 1.48. The molecule has 0 bridgehead atoms. The number of hydrogen-bond acceptors (Lipinski definition) is 3. The number of carbonyl (C=O) groups excluding carboxylic acids is 1. The van der Waals surface area contributed by atoms with Gasteiger partial charge in [0.05, 0.1) is 27.6 Å². The van der Waals surface area contributed by atoms with E-state index in [9.17, 15) is 14.7 Å². The Bertz CT molecular complexity index is 274. The monoisotopic (exact) mass is 238 g/mol. The molecule has 0 radical (unpaired) electrons. The molecule has 5 nitrogen and oxygen atoms in total. The number of nitrogens with zero attached hydrogens (tertiary/aromatic N) is 1. The van der Waals surface area contributed by atoms with E-state index in [1.165, 1.54) is 0 Å². The highest BCUT2D eigenvalue weighted by Gasteiger charge is 2.49. The molecule has 0 saturated carbocycles. The average Bonchev–Trinajstić information content (AvgIpc) is 1.99. The van der Waals surface area contributed by atoms with E-state index in [0.29, 0.717) is 0 Å². The van der Waals surface area contributed by atoms with Crippen LogP contribution < -0.4 is 0 Å². The number of carboxylic acids is 1. The first kappa shape index (κ1) is 14.3. The smallest absolute Gasteiger partial charge is 0.307 e. The van der Waals surface area contributed by atoms with E-state index in [2.05, 4.69) is 0 Å². The third-order valence-electron chi connectivity index (χ3n) is 2.10. The SMILES string of the molecule is CC(=O)C(O)(CC(=O)O)C(Cl)[N+](C)(C)C. The summed E-state index contributed by atoms with van der Waals surface area (Å²) >= 11 is 5.94. The zero-order valence-corrected chi connectivity index (χ0v) is 10.1. The molecule has 0 aliphatic heterocycles. The summed E-state index contributed by atoms with van der Waals surface area (Å²) in [4.78, 5) is 21.9. The minimum Gasteiger partial charge on any atom is -0.481 e. The number of rotatable bonds is 5. The zero-order valence-electron chi connectivity index (χ0n) is 9.32. The molecule has 0 heterocycles. The number of carbonyl (C=O) groups is 2. The van der Waals surface area contributed by atoms with Crippen molar-refractivity contribution in [1.29, 1.82) is 0 Å². The van der Waals surface area contributed by atoms with Crippen molar-refractivity contribution >= 4 is 23.4 Å². The lowest BCUT2D eigenvalue weighted by molar-refractivity contribution is -0.888. The van der Waals surface area contributed by atoms with Crippen LogP contribution in [0.2, 0.25) is 0 Å².